The standard InChI is InChI=1S/C22H17BrNO/c1-24-19(17-10-6-3-7-11-17)14-18(16-8-4-2-5-9-16)15-20(24)21-12-13-22(23)25-21/h2-15H,1H3/q+1. The molecule has 122 valence electrons. The van der Waals surface area contributed by atoms with Crippen LogP contribution in [0.25, 0.3) is 33.8 Å². The van der Waals surface area contributed by atoms with Crippen LogP contribution in [-0.4, -0.2) is 0 Å². The van der Waals surface area contributed by atoms with Gasteiger partial charge in [-0.3, -0.25) is 0 Å². The Morgan fingerprint density at radius 3 is 1.88 bits per heavy atom. The van der Waals surface area contributed by atoms with E-state index in [4.69, 9.17) is 4.42 Å². The minimum Gasteiger partial charge on any atom is -0.443 e. The van der Waals surface area contributed by atoms with Crippen molar-refractivity contribution in [1.29, 1.82) is 0 Å². The Morgan fingerprint density at radius 1 is 0.680 bits per heavy atom. The van der Waals surface area contributed by atoms with Crippen LogP contribution in [0.15, 0.2) is 94.0 Å². The first kappa shape index (κ1) is 15.9. The fourth-order valence-electron chi connectivity index (χ4n) is 3.03. The van der Waals surface area contributed by atoms with Gasteiger partial charge in [-0.1, -0.05) is 48.5 Å². The number of hydrogen-bond donors (Lipinski definition) is 0. The van der Waals surface area contributed by atoms with Gasteiger partial charge >= 0.3 is 0 Å². The summed E-state index contributed by atoms with van der Waals surface area (Å²) in [4.78, 5) is 0. The van der Waals surface area contributed by atoms with Gasteiger partial charge in [0.25, 0.3) is 0 Å². The van der Waals surface area contributed by atoms with Crippen molar-refractivity contribution in [2.24, 2.45) is 7.05 Å². The average Bonchev–Trinajstić information content (AvgIpc) is 3.09. The lowest BCUT2D eigenvalue weighted by Gasteiger charge is -2.08. The number of aromatic nitrogens is 1. The third-order valence-electron chi connectivity index (χ3n) is 4.31. The molecule has 0 aliphatic carbocycles. The molecule has 0 spiro atoms. The van der Waals surface area contributed by atoms with E-state index in [0.29, 0.717) is 0 Å². The topological polar surface area (TPSA) is 17.0 Å². The first-order valence-electron chi connectivity index (χ1n) is 8.13. The highest BCUT2D eigenvalue weighted by Crippen LogP contribution is 2.30. The van der Waals surface area contributed by atoms with Crippen LogP contribution in [0.2, 0.25) is 0 Å². The van der Waals surface area contributed by atoms with Crippen molar-refractivity contribution in [3.63, 3.8) is 0 Å². The van der Waals surface area contributed by atoms with E-state index in [1.54, 1.807) is 0 Å². The monoisotopic (exact) mass is 390 g/mol. The summed E-state index contributed by atoms with van der Waals surface area (Å²) in [7, 11) is 2.07. The number of pyridine rings is 1. The first-order valence-corrected chi connectivity index (χ1v) is 8.92. The molecule has 4 rings (SSSR count). The second-order valence-corrected chi connectivity index (χ2v) is 6.69. The summed E-state index contributed by atoms with van der Waals surface area (Å²) in [6, 6.07) is 29.2. The van der Waals surface area contributed by atoms with Gasteiger partial charge in [0.05, 0.1) is 0 Å². The molecule has 3 heteroatoms. The highest BCUT2D eigenvalue weighted by atomic mass is 79.9. The fraction of sp³-hybridized carbons (Fsp3) is 0.0455. The molecule has 4 aromatic rings. The Kier molecular flexibility index (Phi) is 4.24. The molecule has 25 heavy (non-hydrogen) atoms. The Labute approximate surface area is 155 Å². The van der Waals surface area contributed by atoms with Gasteiger partial charge in [0.1, 0.15) is 7.05 Å². The molecule has 2 heterocycles. The number of furan rings is 1. The van der Waals surface area contributed by atoms with Crippen LogP contribution in [0, 0.1) is 0 Å². The first-order chi connectivity index (χ1) is 12.2. The lowest BCUT2D eigenvalue weighted by Crippen LogP contribution is -2.34. The smallest absolute Gasteiger partial charge is 0.249 e. The SMILES string of the molecule is C[n+]1c(-c2ccccc2)cc(-c2ccccc2)cc1-c1ccc(Br)o1. The quantitative estimate of drug-likeness (QED) is 0.400. The van der Waals surface area contributed by atoms with Crippen molar-refractivity contribution in [2.75, 3.05) is 0 Å². The summed E-state index contributed by atoms with van der Waals surface area (Å²) in [5.74, 6) is 0.837. The molecule has 2 aromatic carbocycles. The minimum absolute atomic E-state index is 0.730. The van der Waals surface area contributed by atoms with E-state index in [2.05, 4.69) is 88.2 Å². The average molecular weight is 391 g/mol. The van der Waals surface area contributed by atoms with E-state index >= 15 is 0 Å². The van der Waals surface area contributed by atoms with Crippen LogP contribution in [-0.2, 0) is 7.05 Å². The minimum atomic E-state index is 0.730. The maximum absolute atomic E-state index is 5.83. The van der Waals surface area contributed by atoms with Crippen LogP contribution >= 0.6 is 15.9 Å². The Hall–Kier alpha value is -2.65. The Morgan fingerprint density at radius 2 is 1.28 bits per heavy atom. The summed E-state index contributed by atoms with van der Waals surface area (Å²) in [6.07, 6.45) is 0. The zero-order chi connectivity index (χ0) is 17.2. The van der Waals surface area contributed by atoms with Crippen LogP contribution in [0.3, 0.4) is 0 Å². The number of halogens is 1. The van der Waals surface area contributed by atoms with Gasteiger partial charge in [-0.15, -0.1) is 0 Å². The van der Waals surface area contributed by atoms with E-state index in [1.165, 1.54) is 16.7 Å². The lowest BCUT2D eigenvalue weighted by molar-refractivity contribution is -0.649. The van der Waals surface area contributed by atoms with Gasteiger partial charge < -0.3 is 4.42 Å². The van der Waals surface area contributed by atoms with Gasteiger partial charge in [-0.2, -0.15) is 4.57 Å². The predicted molar refractivity (Wildman–Crippen MR) is 104 cm³/mol. The summed E-state index contributed by atoms with van der Waals surface area (Å²) >= 11 is 3.40. The Bertz CT molecular complexity index is 1010. The predicted octanol–water partition coefficient (Wildman–Crippen LogP) is 5.87. The third kappa shape index (κ3) is 3.15. The van der Waals surface area contributed by atoms with Crippen LogP contribution in [0.5, 0.6) is 0 Å². The molecule has 2 aromatic heterocycles. The maximum Gasteiger partial charge on any atom is 0.249 e. The summed E-state index contributed by atoms with van der Waals surface area (Å²) in [5, 5.41) is 0. The molecule has 0 N–H and O–H groups in total. The van der Waals surface area contributed by atoms with Crippen molar-refractivity contribution in [1.82, 2.24) is 0 Å². The molecule has 0 bridgehead atoms. The van der Waals surface area contributed by atoms with E-state index in [9.17, 15) is 0 Å². The summed E-state index contributed by atoms with van der Waals surface area (Å²) < 4.78 is 8.73. The molecule has 0 fully saturated rings. The summed E-state index contributed by atoms with van der Waals surface area (Å²) in [6.45, 7) is 0. The van der Waals surface area contributed by atoms with Gasteiger partial charge in [-0.25, -0.2) is 0 Å². The van der Waals surface area contributed by atoms with Crippen LogP contribution in [0.4, 0.5) is 0 Å². The number of benzene rings is 2. The molecule has 0 aliphatic heterocycles. The van der Waals surface area contributed by atoms with Gasteiger partial charge in [0, 0.05) is 17.7 Å². The molecule has 0 unspecified atom stereocenters. The molecule has 2 nitrogen and oxygen atoms in total. The van der Waals surface area contributed by atoms with E-state index in [0.717, 1.165) is 21.8 Å². The molecule has 0 amide bonds. The molecule has 0 radical (unpaired) electrons. The van der Waals surface area contributed by atoms with E-state index in [-0.39, 0.29) is 0 Å². The molecule has 0 saturated heterocycles. The van der Waals surface area contributed by atoms with Crippen LogP contribution in [0.1, 0.15) is 0 Å². The molecular formula is C22H17BrNO+. The number of nitrogens with zero attached hydrogens (tertiary/aromatic N) is 1. The highest BCUT2D eigenvalue weighted by molar-refractivity contribution is 9.10. The lowest BCUT2D eigenvalue weighted by atomic mass is 10.0. The number of hydrogen-bond acceptors (Lipinski definition) is 1. The van der Waals surface area contributed by atoms with Gasteiger partial charge in [0.15, 0.2) is 10.4 Å². The van der Waals surface area contributed by atoms with Crippen molar-refractivity contribution in [2.45, 2.75) is 0 Å². The molecule has 0 atom stereocenters. The van der Waals surface area contributed by atoms with Crippen LogP contribution < -0.4 is 4.57 Å². The molecular weight excluding hydrogens is 374 g/mol. The van der Waals surface area contributed by atoms with Gasteiger partial charge in [0.2, 0.25) is 11.4 Å². The zero-order valence-electron chi connectivity index (χ0n) is 13.8. The fourth-order valence-corrected chi connectivity index (χ4v) is 3.34. The van der Waals surface area contributed by atoms with Gasteiger partial charge in [-0.05, 0) is 51.3 Å². The highest BCUT2D eigenvalue weighted by Gasteiger charge is 2.21. The third-order valence-corrected chi connectivity index (χ3v) is 4.74. The summed E-state index contributed by atoms with van der Waals surface area (Å²) in [5.41, 5.74) is 5.71. The second-order valence-electron chi connectivity index (χ2n) is 5.91. The van der Waals surface area contributed by atoms with E-state index < -0.39 is 0 Å². The largest absolute Gasteiger partial charge is 0.443 e. The Balaban J connectivity index is 1.98. The zero-order valence-corrected chi connectivity index (χ0v) is 15.4. The second kappa shape index (κ2) is 6.69. The van der Waals surface area contributed by atoms with E-state index in [1.807, 2.05) is 24.3 Å². The van der Waals surface area contributed by atoms with Crippen molar-refractivity contribution in [3.05, 3.63) is 89.6 Å². The van der Waals surface area contributed by atoms with Crippen molar-refractivity contribution in [3.8, 4) is 33.8 Å². The molecule has 0 aliphatic rings. The van der Waals surface area contributed by atoms with Crippen molar-refractivity contribution >= 4 is 15.9 Å². The number of rotatable bonds is 3. The normalized spacial score (nSPS) is 10.8. The maximum atomic E-state index is 5.83. The van der Waals surface area contributed by atoms with Crippen molar-refractivity contribution < 1.29 is 8.98 Å². The molecule has 0 saturated carbocycles.